The highest BCUT2D eigenvalue weighted by Gasteiger charge is 2.20. The molecule has 0 aliphatic rings. The van der Waals surface area contributed by atoms with Crippen molar-refractivity contribution in [1.29, 1.82) is 0 Å². The maximum absolute atomic E-state index is 12.6. The van der Waals surface area contributed by atoms with Crippen LogP contribution in [-0.4, -0.2) is 26.9 Å². The predicted octanol–water partition coefficient (Wildman–Crippen LogP) is 4.63. The first-order chi connectivity index (χ1) is 12.4. The van der Waals surface area contributed by atoms with Crippen molar-refractivity contribution in [3.63, 3.8) is 0 Å². The molecule has 0 bridgehead atoms. The number of carbonyl (C=O) groups is 2. The van der Waals surface area contributed by atoms with Crippen LogP contribution in [0, 0.1) is 13.8 Å². The van der Waals surface area contributed by atoms with Gasteiger partial charge < -0.3 is 5.32 Å². The molecule has 0 aliphatic heterocycles. The third-order valence-electron chi connectivity index (χ3n) is 4.15. The number of Topliss-reactive ketones (excluding diaryl/α,β-unsaturated/α-hetero) is 1. The highest BCUT2D eigenvalue weighted by atomic mass is 32.2. The van der Waals surface area contributed by atoms with Gasteiger partial charge in [0.25, 0.3) is 0 Å². The van der Waals surface area contributed by atoms with Crippen LogP contribution in [0.25, 0.3) is 10.2 Å². The molecule has 3 rings (SSSR count). The van der Waals surface area contributed by atoms with Crippen molar-refractivity contribution >= 4 is 50.7 Å². The number of hydrogen-bond acceptors (Lipinski definition) is 6. The highest BCUT2D eigenvalue weighted by molar-refractivity contribution is 8.00. The maximum Gasteiger partial charge on any atom is 0.237 e. The number of benzene rings is 1. The standard InChI is InChI=1S/C19H19N3O2S2/c1-10-12(3)25-18-16(10)19(21-9-20-18)26-13(4)17(24)22-15-8-6-5-7-14(15)11(2)23/h5-9,13H,1-4H3,(H,22,24)/t13-/m1/s1. The molecule has 0 radical (unpaired) electrons. The first kappa shape index (κ1) is 18.5. The van der Waals surface area contributed by atoms with Crippen LogP contribution in [0.2, 0.25) is 0 Å². The molecule has 2 aromatic heterocycles. The molecule has 0 spiro atoms. The second-order valence-corrected chi connectivity index (χ2v) is 8.53. The van der Waals surface area contributed by atoms with Gasteiger partial charge in [-0.05, 0) is 45.4 Å². The lowest BCUT2D eigenvalue weighted by molar-refractivity contribution is -0.115. The van der Waals surface area contributed by atoms with E-state index in [0.29, 0.717) is 11.3 Å². The minimum absolute atomic E-state index is 0.0805. The van der Waals surface area contributed by atoms with Crippen LogP contribution in [0.1, 0.15) is 34.6 Å². The van der Waals surface area contributed by atoms with E-state index in [1.165, 1.54) is 29.9 Å². The van der Waals surface area contributed by atoms with Crippen LogP contribution >= 0.6 is 23.1 Å². The molecule has 0 aliphatic carbocycles. The third-order valence-corrected chi connectivity index (χ3v) is 6.37. The second kappa shape index (κ2) is 7.55. The minimum Gasteiger partial charge on any atom is -0.324 e. The van der Waals surface area contributed by atoms with E-state index in [0.717, 1.165) is 20.8 Å². The number of amides is 1. The molecule has 1 atom stereocenters. The predicted molar refractivity (Wildman–Crippen MR) is 107 cm³/mol. The first-order valence-electron chi connectivity index (χ1n) is 8.16. The number of rotatable bonds is 5. The van der Waals surface area contributed by atoms with E-state index in [4.69, 9.17) is 0 Å². The van der Waals surface area contributed by atoms with Gasteiger partial charge in [-0.1, -0.05) is 23.9 Å². The molecule has 3 aromatic rings. The van der Waals surface area contributed by atoms with Crippen LogP contribution in [0.3, 0.4) is 0 Å². The summed E-state index contributed by atoms with van der Waals surface area (Å²) in [5.41, 5.74) is 2.20. The molecular weight excluding hydrogens is 366 g/mol. The largest absolute Gasteiger partial charge is 0.324 e. The van der Waals surface area contributed by atoms with Gasteiger partial charge in [-0.15, -0.1) is 11.3 Å². The lowest BCUT2D eigenvalue weighted by Gasteiger charge is -2.14. The smallest absolute Gasteiger partial charge is 0.237 e. The van der Waals surface area contributed by atoms with Crippen LogP contribution in [0.4, 0.5) is 5.69 Å². The number of para-hydroxylation sites is 1. The Hall–Kier alpha value is -2.25. The zero-order chi connectivity index (χ0) is 18.8. The Morgan fingerprint density at radius 3 is 2.65 bits per heavy atom. The molecular formula is C19H19N3O2S2. The normalized spacial score (nSPS) is 12.2. The van der Waals surface area contributed by atoms with Gasteiger partial charge >= 0.3 is 0 Å². The van der Waals surface area contributed by atoms with Gasteiger partial charge in [0.1, 0.15) is 16.2 Å². The fourth-order valence-corrected chi connectivity index (χ4v) is 4.63. The number of nitrogens with one attached hydrogen (secondary N) is 1. The molecule has 26 heavy (non-hydrogen) atoms. The lowest BCUT2D eigenvalue weighted by Crippen LogP contribution is -2.23. The summed E-state index contributed by atoms with van der Waals surface area (Å²) < 4.78 is 0. The summed E-state index contributed by atoms with van der Waals surface area (Å²) in [6.45, 7) is 7.43. The quantitative estimate of drug-likeness (QED) is 0.394. The number of thiophene rings is 1. The van der Waals surface area contributed by atoms with Gasteiger partial charge in [-0.25, -0.2) is 9.97 Å². The van der Waals surface area contributed by atoms with Crippen molar-refractivity contribution < 1.29 is 9.59 Å². The molecule has 0 saturated heterocycles. The summed E-state index contributed by atoms with van der Waals surface area (Å²) in [4.78, 5) is 35.2. The van der Waals surface area contributed by atoms with E-state index in [1.54, 1.807) is 35.6 Å². The Labute approximate surface area is 160 Å². The van der Waals surface area contributed by atoms with E-state index in [9.17, 15) is 9.59 Å². The summed E-state index contributed by atoms with van der Waals surface area (Å²) in [6, 6.07) is 7.03. The van der Waals surface area contributed by atoms with Gasteiger partial charge in [0, 0.05) is 15.8 Å². The zero-order valence-electron chi connectivity index (χ0n) is 15.0. The number of anilines is 1. The van der Waals surface area contributed by atoms with Crippen molar-refractivity contribution in [2.75, 3.05) is 5.32 Å². The number of nitrogens with zero attached hydrogens (tertiary/aromatic N) is 2. The molecule has 7 heteroatoms. The molecule has 1 amide bonds. The van der Waals surface area contributed by atoms with Gasteiger partial charge in [0.15, 0.2) is 5.78 Å². The number of aryl methyl sites for hydroxylation is 2. The van der Waals surface area contributed by atoms with Crippen molar-refractivity contribution in [3.8, 4) is 0 Å². The molecule has 5 nitrogen and oxygen atoms in total. The van der Waals surface area contributed by atoms with E-state index in [2.05, 4.69) is 29.1 Å². The molecule has 1 aromatic carbocycles. The molecule has 0 unspecified atom stereocenters. The molecule has 2 heterocycles. The Morgan fingerprint density at radius 1 is 1.19 bits per heavy atom. The third kappa shape index (κ3) is 3.64. The average Bonchev–Trinajstić information content (AvgIpc) is 2.90. The Morgan fingerprint density at radius 2 is 1.92 bits per heavy atom. The van der Waals surface area contributed by atoms with Crippen molar-refractivity contribution in [2.24, 2.45) is 0 Å². The number of thioether (sulfide) groups is 1. The number of carbonyl (C=O) groups excluding carboxylic acids is 2. The lowest BCUT2D eigenvalue weighted by atomic mass is 10.1. The van der Waals surface area contributed by atoms with Gasteiger partial charge in [0.2, 0.25) is 5.91 Å². The Bertz CT molecular complexity index is 998. The van der Waals surface area contributed by atoms with Crippen molar-refractivity contribution in [2.45, 2.75) is 38.0 Å². The van der Waals surface area contributed by atoms with E-state index in [-0.39, 0.29) is 16.9 Å². The van der Waals surface area contributed by atoms with E-state index < -0.39 is 0 Å². The number of hydrogen-bond donors (Lipinski definition) is 1. The molecule has 1 N–H and O–H groups in total. The fourth-order valence-electron chi connectivity index (χ4n) is 2.59. The zero-order valence-corrected chi connectivity index (χ0v) is 16.6. The summed E-state index contributed by atoms with van der Waals surface area (Å²) >= 11 is 3.03. The number of aromatic nitrogens is 2. The summed E-state index contributed by atoms with van der Waals surface area (Å²) in [5.74, 6) is -0.247. The summed E-state index contributed by atoms with van der Waals surface area (Å²) in [7, 11) is 0. The average molecular weight is 386 g/mol. The SMILES string of the molecule is CC(=O)c1ccccc1NC(=O)[C@@H](C)Sc1ncnc2sc(C)c(C)c12. The van der Waals surface area contributed by atoms with Crippen LogP contribution in [0.15, 0.2) is 35.6 Å². The van der Waals surface area contributed by atoms with Gasteiger partial charge in [-0.2, -0.15) is 0 Å². The Balaban J connectivity index is 1.82. The number of ketones is 1. The van der Waals surface area contributed by atoms with E-state index in [1.807, 2.05) is 6.92 Å². The van der Waals surface area contributed by atoms with Gasteiger partial charge in [0.05, 0.1) is 10.9 Å². The Kier molecular flexibility index (Phi) is 5.38. The number of fused-ring (bicyclic) bond motifs is 1. The van der Waals surface area contributed by atoms with Crippen molar-refractivity contribution in [3.05, 3.63) is 46.6 Å². The minimum atomic E-state index is -0.368. The molecule has 134 valence electrons. The monoisotopic (exact) mass is 385 g/mol. The molecule has 0 fully saturated rings. The van der Waals surface area contributed by atoms with Crippen molar-refractivity contribution in [1.82, 2.24) is 9.97 Å². The summed E-state index contributed by atoms with van der Waals surface area (Å²) in [5, 5.41) is 4.31. The van der Waals surface area contributed by atoms with Gasteiger partial charge in [-0.3, -0.25) is 9.59 Å². The summed E-state index contributed by atoms with van der Waals surface area (Å²) in [6.07, 6.45) is 1.54. The van der Waals surface area contributed by atoms with E-state index >= 15 is 0 Å². The second-order valence-electron chi connectivity index (χ2n) is 5.99. The highest BCUT2D eigenvalue weighted by Crippen LogP contribution is 2.36. The molecule has 0 saturated carbocycles. The first-order valence-corrected chi connectivity index (χ1v) is 9.86. The van der Waals surface area contributed by atoms with Crippen LogP contribution < -0.4 is 5.32 Å². The van der Waals surface area contributed by atoms with Crippen LogP contribution in [-0.2, 0) is 4.79 Å². The fraction of sp³-hybridized carbons (Fsp3) is 0.263. The maximum atomic E-state index is 12.6. The topological polar surface area (TPSA) is 72.0 Å². The van der Waals surface area contributed by atoms with Crippen LogP contribution in [0.5, 0.6) is 0 Å².